The van der Waals surface area contributed by atoms with Crippen molar-refractivity contribution in [1.29, 1.82) is 0 Å². The molecule has 2 aromatic carbocycles. The summed E-state index contributed by atoms with van der Waals surface area (Å²) in [4.78, 5) is 23.6. The number of carbonyl (C=O) groups is 2. The van der Waals surface area contributed by atoms with E-state index in [0.717, 1.165) is 28.3 Å². The van der Waals surface area contributed by atoms with Crippen LogP contribution in [0.2, 0.25) is 0 Å². The number of methoxy groups -OCH3 is 1. The van der Waals surface area contributed by atoms with Crippen LogP contribution < -0.4 is 15.4 Å². The number of hydrogen-bond donors (Lipinski definition) is 2. The third-order valence-corrected chi connectivity index (χ3v) is 3.60. The summed E-state index contributed by atoms with van der Waals surface area (Å²) in [6, 6.07) is 12.8. The third kappa shape index (κ3) is 4.84. The van der Waals surface area contributed by atoms with Crippen LogP contribution in [0.1, 0.15) is 24.5 Å². The van der Waals surface area contributed by atoms with E-state index in [1.54, 1.807) is 26.2 Å². The number of anilines is 2. The first kappa shape index (κ1) is 17.5. The van der Waals surface area contributed by atoms with Gasteiger partial charge in [-0.2, -0.15) is 0 Å². The smallest absolute Gasteiger partial charge is 0.228 e. The van der Waals surface area contributed by atoms with Crippen molar-refractivity contribution in [2.45, 2.75) is 26.7 Å². The lowest BCUT2D eigenvalue weighted by Crippen LogP contribution is -2.15. The molecule has 2 rings (SSSR count). The maximum absolute atomic E-state index is 12.2. The molecular weight excluding hydrogens is 304 g/mol. The molecule has 0 saturated heterocycles. The van der Waals surface area contributed by atoms with Crippen LogP contribution in [0.15, 0.2) is 42.5 Å². The molecule has 2 aromatic rings. The summed E-state index contributed by atoms with van der Waals surface area (Å²) < 4.78 is 5.16. The Morgan fingerprint density at radius 3 is 2.50 bits per heavy atom. The highest BCUT2D eigenvalue weighted by Crippen LogP contribution is 2.20. The summed E-state index contributed by atoms with van der Waals surface area (Å²) in [5, 5.41) is 5.70. The molecule has 0 heterocycles. The van der Waals surface area contributed by atoms with Crippen LogP contribution in [0.3, 0.4) is 0 Å². The first-order chi connectivity index (χ1) is 11.5. The minimum atomic E-state index is -0.100. The Hall–Kier alpha value is -2.82. The van der Waals surface area contributed by atoms with Crippen LogP contribution in [0.25, 0.3) is 0 Å². The van der Waals surface area contributed by atoms with E-state index < -0.39 is 0 Å². The summed E-state index contributed by atoms with van der Waals surface area (Å²) in [5.41, 5.74) is 3.24. The normalized spacial score (nSPS) is 10.1. The van der Waals surface area contributed by atoms with Gasteiger partial charge >= 0.3 is 0 Å². The Balaban J connectivity index is 2.02. The van der Waals surface area contributed by atoms with E-state index in [2.05, 4.69) is 10.6 Å². The largest absolute Gasteiger partial charge is 0.497 e. The van der Waals surface area contributed by atoms with Gasteiger partial charge in [-0.25, -0.2) is 0 Å². The van der Waals surface area contributed by atoms with Crippen LogP contribution in [0.4, 0.5) is 11.4 Å². The van der Waals surface area contributed by atoms with Crippen molar-refractivity contribution in [3.63, 3.8) is 0 Å². The molecule has 5 heteroatoms. The van der Waals surface area contributed by atoms with Gasteiger partial charge in [0.1, 0.15) is 5.75 Å². The fraction of sp³-hybridized carbons (Fsp3) is 0.263. The molecule has 2 N–H and O–H groups in total. The van der Waals surface area contributed by atoms with Gasteiger partial charge in [-0.1, -0.05) is 19.1 Å². The van der Waals surface area contributed by atoms with Crippen molar-refractivity contribution in [3.05, 3.63) is 53.6 Å². The van der Waals surface area contributed by atoms with Crippen LogP contribution >= 0.6 is 0 Å². The second kappa shape index (κ2) is 8.15. The van der Waals surface area contributed by atoms with Gasteiger partial charge in [0.25, 0.3) is 0 Å². The molecular formula is C19H22N2O3. The predicted molar refractivity (Wildman–Crippen MR) is 95.4 cm³/mol. The second-order valence-electron chi connectivity index (χ2n) is 5.51. The van der Waals surface area contributed by atoms with E-state index in [1.807, 2.05) is 37.3 Å². The summed E-state index contributed by atoms with van der Waals surface area (Å²) in [7, 11) is 1.60. The fourth-order valence-electron chi connectivity index (χ4n) is 2.29. The van der Waals surface area contributed by atoms with Gasteiger partial charge in [0.2, 0.25) is 11.8 Å². The Morgan fingerprint density at radius 2 is 1.83 bits per heavy atom. The molecule has 0 aliphatic rings. The lowest BCUT2D eigenvalue weighted by molar-refractivity contribution is -0.116. The lowest BCUT2D eigenvalue weighted by atomic mass is 10.1. The molecule has 0 aliphatic heterocycles. The van der Waals surface area contributed by atoms with Crippen LogP contribution in [-0.4, -0.2) is 18.9 Å². The second-order valence-corrected chi connectivity index (χ2v) is 5.51. The number of rotatable bonds is 6. The third-order valence-electron chi connectivity index (χ3n) is 3.60. The molecule has 0 aliphatic carbocycles. The number of benzene rings is 2. The zero-order valence-electron chi connectivity index (χ0n) is 14.2. The van der Waals surface area contributed by atoms with Gasteiger partial charge in [0, 0.05) is 17.8 Å². The number of carbonyl (C=O) groups excluding carboxylic acids is 2. The van der Waals surface area contributed by atoms with Gasteiger partial charge in [0.15, 0.2) is 0 Å². The summed E-state index contributed by atoms with van der Waals surface area (Å²) in [6.07, 6.45) is 0.697. The number of hydrogen-bond acceptors (Lipinski definition) is 3. The Morgan fingerprint density at radius 1 is 1.04 bits per heavy atom. The van der Waals surface area contributed by atoms with Crippen molar-refractivity contribution in [3.8, 4) is 5.75 Å². The minimum absolute atomic E-state index is 0.0378. The average molecular weight is 326 g/mol. The van der Waals surface area contributed by atoms with Crippen LogP contribution in [0.5, 0.6) is 5.75 Å². The molecule has 0 atom stereocenters. The van der Waals surface area contributed by atoms with Crippen LogP contribution in [-0.2, 0) is 16.0 Å². The van der Waals surface area contributed by atoms with Crippen molar-refractivity contribution in [1.82, 2.24) is 0 Å². The molecule has 0 spiro atoms. The van der Waals surface area contributed by atoms with Crippen molar-refractivity contribution < 1.29 is 14.3 Å². The molecule has 0 bridgehead atoms. The summed E-state index contributed by atoms with van der Waals surface area (Å²) in [5.74, 6) is 0.591. The molecule has 0 radical (unpaired) electrons. The van der Waals surface area contributed by atoms with E-state index in [-0.39, 0.29) is 18.2 Å². The molecule has 126 valence electrons. The molecule has 0 saturated carbocycles. The number of ether oxygens (including phenoxy) is 1. The summed E-state index contributed by atoms with van der Waals surface area (Å²) >= 11 is 0. The standard InChI is InChI=1S/C19H22N2O3/c1-4-18(22)20-15-8-9-17(13(2)10-15)21-19(23)12-14-6-5-7-16(11-14)24-3/h5-11H,4,12H2,1-3H3,(H,20,22)(H,21,23). The predicted octanol–water partition coefficient (Wildman–Crippen LogP) is 3.53. The lowest BCUT2D eigenvalue weighted by Gasteiger charge is -2.11. The molecule has 0 unspecified atom stereocenters. The molecule has 0 aromatic heterocycles. The highest BCUT2D eigenvalue weighted by atomic mass is 16.5. The molecule has 0 fully saturated rings. The highest BCUT2D eigenvalue weighted by Gasteiger charge is 2.08. The topological polar surface area (TPSA) is 67.4 Å². The number of nitrogens with one attached hydrogen (secondary N) is 2. The molecule has 24 heavy (non-hydrogen) atoms. The quantitative estimate of drug-likeness (QED) is 0.853. The maximum atomic E-state index is 12.2. The highest BCUT2D eigenvalue weighted by molar-refractivity contribution is 5.94. The molecule has 2 amide bonds. The van der Waals surface area contributed by atoms with Crippen molar-refractivity contribution >= 4 is 23.2 Å². The average Bonchev–Trinajstić information content (AvgIpc) is 2.57. The Kier molecular flexibility index (Phi) is 5.95. The zero-order chi connectivity index (χ0) is 17.5. The van der Waals surface area contributed by atoms with E-state index >= 15 is 0 Å². The van der Waals surface area contributed by atoms with Crippen molar-refractivity contribution in [2.24, 2.45) is 0 Å². The van der Waals surface area contributed by atoms with Gasteiger partial charge in [-0.3, -0.25) is 9.59 Å². The maximum Gasteiger partial charge on any atom is 0.228 e. The molecule has 5 nitrogen and oxygen atoms in total. The number of amides is 2. The minimum Gasteiger partial charge on any atom is -0.497 e. The van der Waals surface area contributed by atoms with Crippen molar-refractivity contribution in [2.75, 3.05) is 17.7 Å². The number of aryl methyl sites for hydroxylation is 1. The van der Waals surface area contributed by atoms with Gasteiger partial charge in [-0.15, -0.1) is 0 Å². The Labute approximate surface area is 142 Å². The first-order valence-electron chi connectivity index (χ1n) is 7.85. The van der Waals surface area contributed by atoms with Gasteiger partial charge < -0.3 is 15.4 Å². The van der Waals surface area contributed by atoms with Gasteiger partial charge in [0.05, 0.1) is 13.5 Å². The van der Waals surface area contributed by atoms with Gasteiger partial charge in [-0.05, 0) is 48.4 Å². The van der Waals surface area contributed by atoms with E-state index in [4.69, 9.17) is 4.74 Å². The first-order valence-corrected chi connectivity index (χ1v) is 7.85. The summed E-state index contributed by atoms with van der Waals surface area (Å²) in [6.45, 7) is 3.69. The van der Waals surface area contributed by atoms with E-state index in [1.165, 1.54) is 0 Å². The van der Waals surface area contributed by atoms with E-state index in [0.29, 0.717) is 6.42 Å². The van der Waals surface area contributed by atoms with E-state index in [9.17, 15) is 9.59 Å². The monoisotopic (exact) mass is 326 g/mol. The fourth-order valence-corrected chi connectivity index (χ4v) is 2.29. The zero-order valence-corrected chi connectivity index (χ0v) is 14.2. The SMILES string of the molecule is CCC(=O)Nc1ccc(NC(=O)Cc2cccc(OC)c2)c(C)c1. The van der Waals surface area contributed by atoms with Crippen LogP contribution in [0, 0.1) is 6.92 Å². The Bertz CT molecular complexity index is 741.